The number of aryl methyl sites for hydroxylation is 1. The summed E-state index contributed by atoms with van der Waals surface area (Å²) < 4.78 is 5.09. The summed E-state index contributed by atoms with van der Waals surface area (Å²) in [5.74, 6) is -0.123. The standard InChI is InChI=1S/C13H19NO2/c1-14-10-9-13(15)16-11-5-8-12-6-3-2-4-7-12/h2-4,6-7,14H,5,8-11H2,1H3. The average molecular weight is 221 g/mol. The van der Waals surface area contributed by atoms with E-state index in [1.807, 2.05) is 25.2 Å². The van der Waals surface area contributed by atoms with Crippen molar-refractivity contribution in [3.8, 4) is 0 Å². The van der Waals surface area contributed by atoms with Gasteiger partial charge in [0.1, 0.15) is 0 Å². The van der Waals surface area contributed by atoms with Crippen LogP contribution < -0.4 is 5.32 Å². The Labute approximate surface area is 96.8 Å². The predicted molar refractivity (Wildman–Crippen MR) is 64.3 cm³/mol. The van der Waals surface area contributed by atoms with Crippen molar-refractivity contribution in [1.82, 2.24) is 5.32 Å². The molecule has 88 valence electrons. The summed E-state index contributed by atoms with van der Waals surface area (Å²) in [4.78, 5) is 11.2. The van der Waals surface area contributed by atoms with Gasteiger partial charge in [0.2, 0.25) is 0 Å². The van der Waals surface area contributed by atoms with E-state index in [0.29, 0.717) is 19.6 Å². The third-order valence-electron chi connectivity index (χ3n) is 2.29. The second-order valence-corrected chi connectivity index (χ2v) is 3.66. The highest BCUT2D eigenvalue weighted by Gasteiger charge is 2.00. The van der Waals surface area contributed by atoms with Crippen molar-refractivity contribution in [2.45, 2.75) is 19.3 Å². The molecule has 0 heterocycles. The van der Waals surface area contributed by atoms with Crippen LogP contribution >= 0.6 is 0 Å². The molecule has 3 nitrogen and oxygen atoms in total. The van der Waals surface area contributed by atoms with Crippen LogP contribution in [0.2, 0.25) is 0 Å². The molecule has 0 fully saturated rings. The topological polar surface area (TPSA) is 38.3 Å². The lowest BCUT2D eigenvalue weighted by Gasteiger charge is -2.04. The normalized spacial score (nSPS) is 10.1. The molecule has 0 aliphatic carbocycles. The van der Waals surface area contributed by atoms with Crippen molar-refractivity contribution < 1.29 is 9.53 Å². The Balaban J connectivity index is 2.06. The third-order valence-corrected chi connectivity index (χ3v) is 2.29. The summed E-state index contributed by atoms with van der Waals surface area (Å²) in [6, 6.07) is 10.2. The minimum atomic E-state index is -0.123. The highest BCUT2D eigenvalue weighted by atomic mass is 16.5. The minimum Gasteiger partial charge on any atom is -0.466 e. The molecule has 0 atom stereocenters. The van der Waals surface area contributed by atoms with E-state index < -0.39 is 0 Å². The number of hydrogen-bond donors (Lipinski definition) is 1. The number of esters is 1. The van der Waals surface area contributed by atoms with Gasteiger partial charge in [-0.15, -0.1) is 0 Å². The third kappa shape index (κ3) is 5.51. The molecule has 0 aliphatic rings. The molecule has 0 aliphatic heterocycles. The highest BCUT2D eigenvalue weighted by molar-refractivity contribution is 5.69. The fourth-order valence-electron chi connectivity index (χ4n) is 1.41. The monoisotopic (exact) mass is 221 g/mol. The first-order valence-electron chi connectivity index (χ1n) is 5.67. The average Bonchev–Trinajstić information content (AvgIpc) is 2.33. The molecule has 1 rings (SSSR count). The summed E-state index contributed by atoms with van der Waals surface area (Å²) >= 11 is 0. The second-order valence-electron chi connectivity index (χ2n) is 3.66. The molecule has 0 spiro atoms. The van der Waals surface area contributed by atoms with E-state index in [4.69, 9.17) is 4.74 Å². The number of rotatable bonds is 7. The largest absolute Gasteiger partial charge is 0.466 e. The summed E-state index contributed by atoms with van der Waals surface area (Å²) in [6.07, 6.45) is 2.29. The lowest BCUT2D eigenvalue weighted by molar-refractivity contribution is -0.143. The highest BCUT2D eigenvalue weighted by Crippen LogP contribution is 2.02. The van der Waals surface area contributed by atoms with Crippen LogP contribution in [0.15, 0.2) is 30.3 Å². The van der Waals surface area contributed by atoms with Crippen molar-refractivity contribution in [2.24, 2.45) is 0 Å². The Morgan fingerprint density at radius 1 is 1.31 bits per heavy atom. The smallest absolute Gasteiger partial charge is 0.307 e. The van der Waals surface area contributed by atoms with Gasteiger partial charge in [0, 0.05) is 6.54 Å². The zero-order valence-electron chi connectivity index (χ0n) is 9.74. The van der Waals surface area contributed by atoms with Gasteiger partial charge < -0.3 is 10.1 Å². The van der Waals surface area contributed by atoms with Gasteiger partial charge in [-0.05, 0) is 25.5 Å². The number of carbonyl (C=O) groups excluding carboxylic acids is 1. The lowest BCUT2D eigenvalue weighted by Crippen LogP contribution is -2.15. The van der Waals surface area contributed by atoms with Crippen molar-refractivity contribution in [3.63, 3.8) is 0 Å². The molecule has 0 saturated heterocycles. The summed E-state index contributed by atoms with van der Waals surface area (Å²) in [7, 11) is 1.82. The van der Waals surface area contributed by atoms with Crippen molar-refractivity contribution in [3.05, 3.63) is 35.9 Å². The summed E-state index contributed by atoms with van der Waals surface area (Å²) in [5.41, 5.74) is 1.29. The van der Waals surface area contributed by atoms with E-state index in [-0.39, 0.29) is 5.97 Å². The van der Waals surface area contributed by atoms with Gasteiger partial charge in [-0.25, -0.2) is 0 Å². The van der Waals surface area contributed by atoms with E-state index in [0.717, 1.165) is 12.8 Å². The van der Waals surface area contributed by atoms with Crippen LogP contribution in [0.3, 0.4) is 0 Å². The molecule has 0 saturated carbocycles. The molecule has 1 aromatic carbocycles. The van der Waals surface area contributed by atoms with Gasteiger partial charge in [0.15, 0.2) is 0 Å². The van der Waals surface area contributed by atoms with Crippen molar-refractivity contribution in [1.29, 1.82) is 0 Å². The van der Waals surface area contributed by atoms with E-state index >= 15 is 0 Å². The second kappa shape index (κ2) is 7.88. The Morgan fingerprint density at radius 2 is 2.06 bits per heavy atom. The van der Waals surface area contributed by atoms with Gasteiger partial charge in [-0.2, -0.15) is 0 Å². The number of hydrogen-bond acceptors (Lipinski definition) is 3. The summed E-state index contributed by atoms with van der Waals surface area (Å²) in [6.45, 7) is 1.19. The number of carbonyl (C=O) groups is 1. The van der Waals surface area contributed by atoms with E-state index in [1.54, 1.807) is 0 Å². The Bertz CT molecular complexity index is 298. The molecular weight excluding hydrogens is 202 g/mol. The maximum absolute atomic E-state index is 11.2. The van der Waals surface area contributed by atoms with E-state index in [9.17, 15) is 4.79 Å². The molecule has 0 aromatic heterocycles. The zero-order valence-corrected chi connectivity index (χ0v) is 9.74. The van der Waals surface area contributed by atoms with Crippen molar-refractivity contribution >= 4 is 5.97 Å². The fourth-order valence-corrected chi connectivity index (χ4v) is 1.41. The minimum absolute atomic E-state index is 0.123. The number of nitrogens with one attached hydrogen (secondary N) is 1. The Kier molecular flexibility index (Phi) is 6.26. The van der Waals surface area contributed by atoms with Crippen LogP contribution in [0.5, 0.6) is 0 Å². The predicted octanol–water partition coefficient (Wildman–Crippen LogP) is 1.77. The molecular formula is C13H19NO2. The molecule has 3 heteroatoms. The van der Waals surface area contributed by atoms with E-state index in [2.05, 4.69) is 17.4 Å². The van der Waals surface area contributed by atoms with Crippen LogP contribution in [0.4, 0.5) is 0 Å². The SMILES string of the molecule is CNCCC(=O)OCCCc1ccccc1. The van der Waals surface area contributed by atoms with Crippen LogP contribution in [0.1, 0.15) is 18.4 Å². The first kappa shape index (κ1) is 12.7. The molecule has 0 amide bonds. The van der Waals surface area contributed by atoms with Gasteiger partial charge in [-0.3, -0.25) is 4.79 Å². The maximum Gasteiger partial charge on any atom is 0.307 e. The van der Waals surface area contributed by atoms with Crippen LogP contribution in [-0.4, -0.2) is 26.2 Å². The van der Waals surface area contributed by atoms with Gasteiger partial charge in [0.25, 0.3) is 0 Å². The lowest BCUT2D eigenvalue weighted by atomic mass is 10.1. The fraction of sp³-hybridized carbons (Fsp3) is 0.462. The summed E-state index contributed by atoms with van der Waals surface area (Å²) in [5, 5.41) is 2.91. The first-order valence-corrected chi connectivity index (χ1v) is 5.67. The zero-order chi connectivity index (χ0) is 11.6. The molecule has 1 N–H and O–H groups in total. The quantitative estimate of drug-likeness (QED) is 0.563. The van der Waals surface area contributed by atoms with Crippen LogP contribution in [0, 0.1) is 0 Å². The van der Waals surface area contributed by atoms with Gasteiger partial charge >= 0.3 is 5.97 Å². The first-order chi connectivity index (χ1) is 7.83. The maximum atomic E-state index is 11.2. The number of benzene rings is 1. The molecule has 0 radical (unpaired) electrons. The van der Waals surface area contributed by atoms with Gasteiger partial charge in [0.05, 0.1) is 13.0 Å². The molecule has 1 aromatic rings. The van der Waals surface area contributed by atoms with E-state index in [1.165, 1.54) is 5.56 Å². The number of ether oxygens (including phenoxy) is 1. The Hall–Kier alpha value is -1.35. The molecule has 0 unspecified atom stereocenters. The Morgan fingerprint density at radius 3 is 2.75 bits per heavy atom. The van der Waals surface area contributed by atoms with Gasteiger partial charge in [-0.1, -0.05) is 30.3 Å². The molecule has 0 bridgehead atoms. The van der Waals surface area contributed by atoms with Crippen LogP contribution in [-0.2, 0) is 16.0 Å². The van der Waals surface area contributed by atoms with Crippen LogP contribution in [0.25, 0.3) is 0 Å². The molecule has 16 heavy (non-hydrogen) atoms. The van der Waals surface area contributed by atoms with Crippen molar-refractivity contribution in [2.75, 3.05) is 20.2 Å².